The number of carbonyl (C=O) groups is 2. The molecule has 3 amide bonds. The van der Waals surface area contributed by atoms with E-state index >= 15 is 0 Å². The Morgan fingerprint density at radius 1 is 0.970 bits per heavy atom. The molecule has 2 fully saturated rings. The number of halogens is 1. The summed E-state index contributed by atoms with van der Waals surface area (Å²) in [5.74, 6) is 0.904. The average molecular weight is 474 g/mol. The Kier molecular flexibility index (Phi) is 7.77. The van der Waals surface area contributed by atoms with Crippen molar-refractivity contribution in [2.24, 2.45) is 5.10 Å². The van der Waals surface area contributed by atoms with Crippen LogP contribution in [0.4, 0.5) is 4.79 Å². The van der Waals surface area contributed by atoms with E-state index in [0.717, 1.165) is 44.7 Å². The minimum atomic E-state index is -0.409. The standard InChI is InChI=1S/C23H28ClN5O4/c24-19-4-2-18(3-5-19)21-7-6-20(33-21)16-25-29-17-22(31)28(23(29)32)9-1-8-26-10-12-27(13-11-26)14-15-30/h2-7,16,30H,1,8-15,17H2. The molecule has 1 N–H and O–H groups in total. The van der Waals surface area contributed by atoms with Gasteiger partial charge >= 0.3 is 6.03 Å². The summed E-state index contributed by atoms with van der Waals surface area (Å²) in [6, 6.07) is 10.5. The van der Waals surface area contributed by atoms with Crippen molar-refractivity contribution in [3.63, 3.8) is 0 Å². The maximum absolute atomic E-state index is 12.6. The van der Waals surface area contributed by atoms with Crippen LogP contribution in [0.5, 0.6) is 0 Å². The molecule has 3 heterocycles. The van der Waals surface area contributed by atoms with Crippen molar-refractivity contribution < 1.29 is 19.1 Å². The first-order valence-corrected chi connectivity index (χ1v) is 11.5. The van der Waals surface area contributed by atoms with Crippen molar-refractivity contribution in [3.05, 3.63) is 47.2 Å². The number of hydrogen-bond donors (Lipinski definition) is 1. The summed E-state index contributed by atoms with van der Waals surface area (Å²) in [7, 11) is 0. The second kappa shape index (κ2) is 10.9. The first-order valence-electron chi connectivity index (χ1n) is 11.1. The van der Waals surface area contributed by atoms with Crippen molar-refractivity contribution in [2.75, 3.05) is 59.0 Å². The fourth-order valence-corrected chi connectivity index (χ4v) is 4.11. The van der Waals surface area contributed by atoms with E-state index < -0.39 is 6.03 Å². The van der Waals surface area contributed by atoms with Gasteiger partial charge in [0.1, 0.15) is 18.1 Å². The van der Waals surface area contributed by atoms with E-state index in [0.29, 0.717) is 29.6 Å². The lowest BCUT2D eigenvalue weighted by atomic mass is 10.2. The van der Waals surface area contributed by atoms with Crippen molar-refractivity contribution in [1.29, 1.82) is 0 Å². The number of aliphatic hydroxyl groups excluding tert-OH is 1. The van der Waals surface area contributed by atoms with Crippen LogP contribution in [0.1, 0.15) is 12.2 Å². The highest BCUT2D eigenvalue weighted by Crippen LogP contribution is 2.23. The van der Waals surface area contributed by atoms with Gasteiger partial charge in [0.2, 0.25) is 0 Å². The first kappa shape index (κ1) is 23.4. The minimum absolute atomic E-state index is 0.0695. The Balaban J connectivity index is 1.25. The zero-order valence-electron chi connectivity index (χ0n) is 18.4. The summed E-state index contributed by atoms with van der Waals surface area (Å²) < 4.78 is 5.76. The molecule has 2 saturated heterocycles. The van der Waals surface area contributed by atoms with Crippen LogP contribution < -0.4 is 0 Å². The molecule has 2 aromatic rings. The fourth-order valence-electron chi connectivity index (χ4n) is 3.99. The zero-order chi connectivity index (χ0) is 23.2. The third-order valence-electron chi connectivity index (χ3n) is 5.85. The molecule has 0 saturated carbocycles. The number of imide groups is 1. The second-order valence-electron chi connectivity index (χ2n) is 8.10. The summed E-state index contributed by atoms with van der Waals surface area (Å²) in [6.07, 6.45) is 2.16. The minimum Gasteiger partial charge on any atom is -0.455 e. The maximum atomic E-state index is 12.6. The zero-order valence-corrected chi connectivity index (χ0v) is 19.2. The normalized spacial score (nSPS) is 18.2. The molecular weight excluding hydrogens is 446 g/mol. The van der Waals surface area contributed by atoms with Gasteiger partial charge < -0.3 is 14.4 Å². The van der Waals surface area contributed by atoms with Gasteiger partial charge in [-0.05, 0) is 49.4 Å². The average Bonchev–Trinajstić information content (AvgIpc) is 3.39. The van der Waals surface area contributed by atoms with E-state index in [1.165, 1.54) is 16.1 Å². The number of furan rings is 1. The Labute approximate surface area is 197 Å². The Hall–Kier alpha value is -2.72. The Morgan fingerprint density at radius 3 is 2.36 bits per heavy atom. The van der Waals surface area contributed by atoms with Crippen LogP contribution in [0, 0.1) is 0 Å². The topological polar surface area (TPSA) is 92.8 Å². The molecule has 2 aliphatic rings. The van der Waals surface area contributed by atoms with Gasteiger partial charge in [0, 0.05) is 49.9 Å². The molecule has 0 aliphatic carbocycles. The van der Waals surface area contributed by atoms with Gasteiger partial charge in [-0.1, -0.05) is 11.6 Å². The van der Waals surface area contributed by atoms with Gasteiger partial charge in [0.15, 0.2) is 0 Å². The summed E-state index contributed by atoms with van der Waals surface area (Å²) in [4.78, 5) is 30.8. The highest BCUT2D eigenvalue weighted by atomic mass is 35.5. The smallest absolute Gasteiger partial charge is 0.347 e. The maximum Gasteiger partial charge on any atom is 0.347 e. The van der Waals surface area contributed by atoms with E-state index in [9.17, 15) is 9.59 Å². The summed E-state index contributed by atoms with van der Waals surface area (Å²) in [5.41, 5.74) is 0.882. The SMILES string of the molecule is O=C1CN(N=Cc2ccc(-c3ccc(Cl)cc3)o2)C(=O)N1CCCN1CCN(CCO)CC1. The van der Waals surface area contributed by atoms with Crippen LogP contribution >= 0.6 is 11.6 Å². The number of rotatable bonds is 9. The number of amides is 3. The first-order chi connectivity index (χ1) is 16.0. The molecule has 2 aliphatic heterocycles. The molecule has 10 heteroatoms. The molecular formula is C23H28ClN5O4. The van der Waals surface area contributed by atoms with E-state index in [1.54, 1.807) is 18.2 Å². The molecule has 1 aromatic heterocycles. The van der Waals surface area contributed by atoms with Crippen LogP contribution in [0.3, 0.4) is 0 Å². The third-order valence-corrected chi connectivity index (χ3v) is 6.11. The highest BCUT2D eigenvalue weighted by Gasteiger charge is 2.35. The summed E-state index contributed by atoms with van der Waals surface area (Å²) in [6.45, 7) is 5.74. The van der Waals surface area contributed by atoms with E-state index in [2.05, 4.69) is 14.9 Å². The van der Waals surface area contributed by atoms with E-state index in [4.69, 9.17) is 21.1 Å². The van der Waals surface area contributed by atoms with Crippen LogP contribution in [0.2, 0.25) is 5.02 Å². The number of urea groups is 1. The van der Waals surface area contributed by atoms with Crippen molar-refractivity contribution in [1.82, 2.24) is 19.7 Å². The van der Waals surface area contributed by atoms with Crippen LogP contribution in [-0.4, -0.2) is 102 Å². The molecule has 9 nitrogen and oxygen atoms in total. The van der Waals surface area contributed by atoms with Crippen LogP contribution in [0.15, 0.2) is 45.9 Å². The number of nitrogens with zero attached hydrogens (tertiary/aromatic N) is 5. The molecule has 176 valence electrons. The molecule has 0 atom stereocenters. The molecule has 0 radical (unpaired) electrons. The van der Waals surface area contributed by atoms with E-state index in [1.807, 2.05) is 18.2 Å². The van der Waals surface area contributed by atoms with Gasteiger partial charge in [0.05, 0.1) is 12.8 Å². The van der Waals surface area contributed by atoms with Crippen molar-refractivity contribution in [2.45, 2.75) is 6.42 Å². The molecule has 4 rings (SSSR count). The lowest BCUT2D eigenvalue weighted by Crippen LogP contribution is -2.47. The van der Waals surface area contributed by atoms with Crippen molar-refractivity contribution in [3.8, 4) is 11.3 Å². The molecule has 1 aromatic carbocycles. The lowest BCUT2D eigenvalue weighted by molar-refractivity contribution is -0.125. The fraction of sp³-hybridized carbons (Fsp3) is 0.435. The second-order valence-corrected chi connectivity index (χ2v) is 8.54. The van der Waals surface area contributed by atoms with Gasteiger partial charge in [-0.25, -0.2) is 9.80 Å². The molecule has 0 bridgehead atoms. The van der Waals surface area contributed by atoms with Crippen molar-refractivity contribution >= 4 is 29.8 Å². The van der Waals surface area contributed by atoms with Gasteiger partial charge in [-0.2, -0.15) is 5.10 Å². The number of hydrogen-bond acceptors (Lipinski definition) is 7. The largest absolute Gasteiger partial charge is 0.455 e. The monoisotopic (exact) mass is 473 g/mol. The predicted octanol–water partition coefficient (Wildman–Crippen LogP) is 2.20. The molecule has 33 heavy (non-hydrogen) atoms. The summed E-state index contributed by atoms with van der Waals surface area (Å²) >= 11 is 5.92. The molecule has 0 spiro atoms. The number of piperazine rings is 1. The predicted molar refractivity (Wildman–Crippen MR) is 125 cm³/mol. The van der Waals surface area contributed by atoms with E-state index in [-0.39, 0.29) is 19.1 Å². The summed E-state index contributed by atoms with van der Waals surface area (Å²) in [5, 5.41) is 15.0. The van der Waals surface area contributed by atoms with Gasteiger partial charge in [0.25, 0.3) is 5.91 Å². The molecule has 0 unspecified atom stereocenters. The number of carbonyl (C=O) groups excluding carboxylic acids is 2. The quantitative estimate of drug-likeness (QED) is 0.443. The number of aliphatic hydroxyl groups is 1. The van der Waals surface area contributed by atoms with Gasteiger partial charge in [-0.15, -0.1) is 0 Å². The number of β-amino-alcohol motifs (C(OH)–C–C–N with tert-alkyl or cyclic N) is 1. The number of hydrazone groups is 1. The lowest BCUT2D eigenvalue weighted by Gasteiger charge is -2.34. The third kappa shape index (κ3) is 6.00. The van der Waals surface area contributed by atoms with Crippen LogP contribution in [-0.2, 0) is 4.79 Å². The van der Waals surface area contributed by atoms with Crippen LogP contribution in [0.25, 0.3) is 11.3 Å². The number of benzene rings is 1. The highest BCUT2D eigenvalue weighted by molar-refractivity contribution is 6.30. The van der Waals surface area contributed by atoms with Gasteiger partial charge in [-0.3, -0.25) is 14.6 Å². The Bertz CT molecular complexity index is 985. The Morgan fingerprint density at radius 2 is 1.67 bits per heavy atom.